The molecule has 4 aromatic rings. The number of amides is 1. The van der Waals surface area contributed by atoms with E-state index in [9.17, 15) is 9.18 Å². The average molecular weight is 414 g/mol. The molecule has 31 heavy (non-hydrogen) atoms. The second kappa shape index (κ2) is 8.83. The van der Waals surface area contributed by atoms with Gasteiger partial charge in [0.25, 0.3) is 5.91 Å². The Hall–Kier alpha value is -3.93. The zero-order chi connectivity index (χ0) is 21.8. The first-order chi connectivity index (χ1) is 15.0. The fourth-order valence-electron chi connectivity index (χ4n) is 3.66. The van der Waals surface area contributed by atoms with Crippen molar-refractivity contribution < 1.29 is 9.18 Å². The predicted molar refractivity (Wildman–Crippen MR) is 123 cm³/mol. The molecule has 0 aliphatic rings. The molecular weight excluding hydrogens is 391 g/mol. The van der Waals surface area contributed by atoms with E-state index in [1.54, 1.807) is 18.3 Å². The molecular formula is C25H23FN4O. The Morgan fingerprint density at radius 3 is 2.58 bits per heavy atom. The maximum absolute atomic E-state index is 12.9. The van der Waals surface area contributed by atoms with Crippen molar-refractivity contribution in [2.75, 3.05) is 11.9 Å². The molecule has 0 bridgehead atoms. The number of rotatable bonds is 6. The summed E-state index contributed by atoms with van der Waals surface area (Å²) in [6.07, 6.45) is 1.65. The van der Waals surface area contributed by atoms with Crippen molar-refractivity contribution in [3.05, 3.63) is 95.6 Å². The van der Waals surface area contributed by atoms with Crippen LogP contribution >= 0.6 is 0 Å². The summed E-state index contributed by atoms with van der Waals surface area (Å²) < 4.78 is 15.1. The van der Waals surface area contributed by atoms with Crippen molar-refractivity contribution in [3.8, 4) is 5.69 Å². The van der Waals surface area contributed by atoms with Crippen LogP contribution in [0.1, 0.15) is 17.0 Å². The van der Waals surface area contributed by atoms with E-state index >= 15 is 0 Å². The molecule has 0 radical (unpaired) electrons. The van der Waals surface area contributed by atoms with Gasteiger partial charge in [0.1, 0.15) is 5.82 Å². The summed E-state index contributed by atoms with van der Waals surface area (Å²) in [6, 6.07) is 22.4. The molecule has 5 nitrogen and oxygen atoms in total. The number of hydrazone groups is 1. The number of fused-ring (bicyclic) bond motifs is 1. The SMILES string of the molecule is Cc1cc(/C=N\NC(=O)CNc2ccc(F)cc2)c(C)n1-c1cccc2ccccc12. The van der Waals surface area contributed by atoms with Crippen molar-refractivity contribution in [3.63, 3.8) is 0 Å². The molecule has 1 aromatic heterocycles. The fraction of sp³-hybridized carbons (Fsp3) is 0.120. The van der Waals surface area contributed by atoms with Crippen LogP contribution in [0.4, 0.5) is 10.1 Å². The van der Waals surface area contributed by atoms with Gasteiger partial charge >= 0.3 is 0 Å². The highest BCUT2D eigenvalue weighted by Crippen LogP contribution is 2.26. The van der Waals surface area contributed by atoms with Crippen molar-refractivity contribution in [1.29, 1.82) is 0 Å². The highest BCUT2D eigenvalue weighted by atomic mass is 19.1. The Bertz CT molecular complexity index is 1250. The molecule has 0 fully saturated rings. The topological polar surface area (TPSA) is 58.4 Å². The smallest absolute Gasteiger partial charge is 0.259 e. The average Bonchev–Trinajstić information content (AvgIpc) is 3.06. The maximum atomic E-state index is 12.9. The Labute approximate surface area is 180 Å². The fourth-order valence-corrected chi connectivity index (χ4v) is 3.66. The van der Waals surface area contributed by atoms with Gasteiger partial charge in [-0.15, -0.1) is 0 Å². The van der Waals surface area contributed by atoms with Crippen LogP contribution in [0.5, 0.6) is 0 Å². The van der Waals surface area contributed by atoms with Gasteiger partial charge in [0.05, 0.1) is 18.4 Å². The largest absolute Gasteiger partial charge is 0.376 e. The first-order valence-corrected chi connectivity index (χ1v) is 10.0. The third-order valence-corrected chi connectivity index (χ3v) is 5.17. The lowest BCUT2D eigenvalue weighted by Gasteiger charge is -2.13. The number of anilines is 1. The van der Waals surface area contributed by atoms with Gasteiger partial charge < -0.3 is 9.88 Å². The molecule has 1 heterocycles. The Morgan fingerprint density at radius 1 is 1.03 bits per heavy atom. The van der Waals surface area contributed by atoms with E-state index in [1.807, 2.05) is 25.1 Å². The lowest BCUT2D eigenvalue weighted by molar-refractivity contribution is -0.119. The summed E-state index contributed by atoms with van der Waals surface area (Å²) >= 11 is 0. The Balaban J connectivity index is 1.46. The van der Waals surface area contributed by atoms with Crippen molar-refractivity contribution >= 4 is 28.6 Å². The van der Waals surface area contributed by atoms with E-state index in [4.69, 9.17) is 0 Å². The van der Waals surface area contributed by atoms with Crippen molar-refractivity contribution in [1.82, 2.24) is 9.99 Å². The molecule has 0 saturated carbocycles. The number of hydrogen-bond acceptors (Lipinski definition) is 3. The number of nitrogens with zero attached hydrogens (tertiary/aromatic N) is 2. The standard InChI is InChI=1S/C25H23FN4O/c1-17-14-20(15-28-29-25(31)16-27-22-12-10-21(26)11-13-22)18(2)30(17)24-9-5-7-19-6-3-4-8-23(19)24/h3-15,27H,16H2,1-2H3,(H,29,31)/b28-15-. The molecule has 0 aliphatic heterocycles. The maximum Gasteiger partial charge on any atom is 0.259 e. The van der Waals surface area contributed by atoms with E-state index in [0.717, 1.165) is 22.6 Å². The number of aryl methyl sites for hydroxylation is 1. The Morgan fingerprint density at radius 2 is 1.77 bits per heavy atom. The normalized spacial score (nSPS) is 11.2. The van der Waals surface area contributed by atoms with Crippen LogP contribution < -0.4 is 10.7 Å². The zero-order valence-corrected chi connectivity index (χ0v) is 17.4. The number of nitrogens with one attached hydrogen (secondary N) is 2. The first-order valence-electron chi connectivity index (χ1n) is 10.0. The van der Waals surface area contributed by atoms with Crippen LogP contribution in [0.2, 0.25) is 0 Å². The minimum absolute atomic E-state index is 0.0397. The molecule has 0 atom stereocenters. The van der Waals surface area contributed by atoms with E-state index in [0.29, 0.717) is 5.69 Å². The van der Waals surface area contributed by atoms with E-state index in [2.05, 4.69) is 57.7 Å². The third kappa shape index (κ3) is 4.48. The third-order valence-electron chi connectivity index (χ3n) is 5.17. The summed E-state index contributed by atoms with van der Waals surface area (Å²) in [5.41, 5.74) is 7.35. The Kier molecular flexibility index (Phi) is 5.80. The molecule has 6 heteroatoms. The minimum Gasteiger partial charge on any atom is -0.376 e. The molecule has 1 amide bonds. The number of benzene rings is 3. The van der Waals surface area contributed by atoms with Crippen LogP contribution in [0.3, 0.4) is 0 Å². The van der Waals surface area contributed by atoms with E-state index in [1.165, 1.54) is 22.9 Å². The summed E-state index contributed by atoms with van der Waals surface area (Å²) in [5.74, 6) is -0.607. The van der Waals surface area contributed by atoms with Gasteiger partial charge in [-0.25, -0.2) is 9.82 Å². The molecule has 0 aliphatic carbocycles. The molecule has 4 rings (SSSR count). The van der Waals surface area contributed by atoms with Gasteiger partial charge in [0.15, 0.2) is 0 Å². The second-order valence-electron chi connectivity index (χ2n) is 7.31. The van der Waals surface area contributed by atoms with Crippen LogP contribution in [-0.2, 0) is 4.79 Å². The molecule has 3 aromatic carbocycles. The molecule has 2 N–H and O–H groups in total. The predicted octanol–water partition coefficient (Wildman–Crippen LogP) is 4.95. The number of carbonyl (C=O) groups is 1. The second-order valence-corrected chi connectivity index (χ2v) is 7.31. The summed E-state index contributed by atoms with van der Waals surface area (Å²) in [6.45, 7) is 4.13. The van der Waals surface area contributed by atoms with Crippen LogP contribution in [0, 0.1) is 19.7 Å². The van der Waals surface area contributed by atoms with E-state index in [-0.39, 0.29) is 18.3 Å². The van der Waals surface area contributed by atoms with Gasteiger partial charge in [0, 0.05) is 28.0 Å². The molecule has 0 saturated heterocycles. The van der Waals surface area contributed by atoms with Gasteiger partial charge in [-0.1, -0.05) is 36.4 Å². The quantitative estimate of drug-likeness (QED) is 0.347. The van der Waals surface area contributed by atoms with Gasteiger partial charge in [-0.05, 0) is 55.6 Å². The van der Waals surface area contributed by atoms with Crippen LogP contribution in [0.25, 0.3) is 16.5 Å². The van der Waals surface area contributed by atoms with Crippen molar-refractivity contribution in [2.45, 2.75) is 13.8 Å². The number of carbonyl (C=O) groups excluding carboxylic acids is 1. The number of hydrogen-bond donors (Lipinski definition) is 2. The van der Waals surface area contributed by atoms with Crippen LogP contribution in [-0.4, -0.2) is 23.2 Å². The monoisotopic (exact) mass is 414 g/mol. The molecule has 156 valence electrons. The summed E-state index contributed by atoms with van der Waals surface area (Å²) in [7, 11) is 0. The van der Waals surface area contributed by atoms with E-state index < -0.39 is 0 Å². The number of aromatic nitrogens is 1. The molecule has 0 spiro atoms. The lowest BCUT2D eigenvalue weighted by atomic mass is 10.1. The molecule has 0 unspecified atom stereocenters. The minimum atomic E-state index is -0.319. The van der Waals surface area contributed by atoms with Crippen molar-refractivity contribution in [2.24, 2.45) is 5.10 Å². The highest BCUT2D eigenvalue weighted by molar-refractivity contribution is 5.91. The summed E-state index contributed by atoms with van der Waals surface area (Å²) in [4.78, 5) is 12.0. The van der Waals surface area contributed by atoms with Gasteiger partial charge in [0.2, 0.25) is 0 Å². The number of halogens is 1. The lowest BCUT2D eigenvalue weighted by Crippen LogP contribution is -2.25. The zero-order valence-electron chi connectivity index (χ0n) is 17.4. The summed E-state index contributed by atoms with van der Waals surface area (Å²) in [5, 5.41) is 9.39. The van der Waals surface area contributed by atoms with Gasteiger partial charge in [-0.2, -0.15) is 5.10 Å². The van der Waals surface area contributed by atoms with Gasteiger partial charge in [-0.3, -0.25) is 4.79 Å². The van der Waals surface area contributed by atoms with Crippen LogP contribution in [0.15, 0.2) is 77.9 Å². The highest BCUT2D eigenvalue weighted by Gasteiger charge is 2.12. The first kappa shape index (κ1) is 20.3.